The van der Waals surface area contributed by atoms with E-state index in [0.717, 1.165) is 0 Å². The van der Waals surface area contributed by atoms with Gasteiger partial charge in [0.1, 0.15) is 0 Å². The van der Waals surface area contributed by atoms with E-state index >= 15 is 0 Å². The van der Waals surface area contributed by atoms with Crippen LogP contribution in [-0.4, -0.2) is 8.07 Å². The monoisotopic (exact) mass is 320 g/mol. The van der Waals surface area contributed by atoms with Crippen molar-refractivity contribution in [3.05, 3.63) is 29.8 Å². The molecule has 0 fully saturated rings. The summed E-state index contributed by atoms with van der Waals surface area (Å²) in [5.74, 6) is 0. The topological polar surface area (TPSA) is 0 Å². The van der Waals surface area contributed by atoms with Gasteiger partial charge in [-0.15, -0.1) is 0 Å². The molecule has 0 aliphatic heterocycles. The molecular formula is C10H14Br2Si. The van der Waals surface area contributed by atoms with Gasteiger partial charge in [-0.25, -0.2) is 0 Å². The van der Waals surface area contributed by atoms with E-state index in [-0.39, 0.29) is 3.74 Å². The lowest BCUT2D eigenvalue weighted by atomic mass is 10.2. The average Bonchev–Trinajstić information content (AvgIpc) is 2.03. The first-order valence-corrected chi connectivity index (χ1v) is 9.63. The molecule has 1 rings (SSSR count). The Morgan fingerprint density at radius 3 is 1.77 bits per heavy atom. The molecule has 0 nitrogen and oxygen atoms in total. The number of hydrogen-bond acceptors (Lipinski definition) is 0. The zero-order valence-corrected chi connectivity index (χ0v) is 12.3. The van der Waals surface area contributed by atoms with Crippen molar-refractivity contribution in [3.8, 4) is 0 Å². The second-order valence-corrected chi connectivity index (χ2v) is 12.3. The van der Waals surface area contributed by atoms with Crippen molar-refractivity contribution in [2.45, 2.75) is 23.4 Å². The van der Waals surface area contributed by atoms with Crippen LogP contribution in [0, 0.1) is 0 Å². The molecule has 0 aromatic heterocycles. The minimum absolute atomic E-state index is 0.274. The molecule has 1 aromatic rings. The first-order chi connectivity index (χ1) is 5.91. The molecule has 0 heterocycles. The molecule has 13 heavy (non-hydrogen) atoms. The summed E-state index contributed by atoms with van der Waals surface area (Å²) in [6.07, 6.45) is 0. The Morgan fingerprint density at radius 2 is 1.46 bits per heavy atom. The van der Waals surface area contributed by atoms with E-state index in [2.05, 4.69) is 75.8 Å². The van der Waals surface area contributed by atoms with Gasteiger partial charge in [0.05, 0.1) is 11.8 Å². The van der Waals surface area contributed by atoms with Crippen LogP contribution in [0.2, 0.25) is 19.6 Å². The van der Waals surface area contributed by atoms with E-state index < -0.39 is 8.07 Å². The number of benzene rings is 1. The Bertz CT molecular complexity index is 272. The van der Waals surface area contributed by atoms with Crippen molar-refractivity contribution >= 4 is 45.1 Å². The average molecular weight is 322 g/mol. The van der Waals surface area contributed by atoms with Crippen LogP contribution in [0.1, 0.15) is 9.30 Å². The third kappa shape index (κ3) is 3.22. The zero-order valence-electron chi connectivity index (χ0n) is 8.14. The van der Waals surface area contributed by atoms with Gasteiger partial charge in [-0.2, -0.15) is 0 Å². The van der Waals surface area contributed by atoms with Crippen LogP contribution >= 0.6 is 31.9 Å². The van der Waals surface area contributed by atoms with Crippen molar-refractivity contribution in [1.29, 1.82) is 0 Å². The predicted molar refractivity (Wildman–Crippen MR) is 70.0 cm³/mol. The molecule has 0 bridgehead atoms. The fourth-order valence-corrected chi connectivity index (χ4v) is 2.91. The first-order valence-electron chi connectivity index (χ1n) is 4.30. The highest BCUT2D eigenvalue weighted by molar-refractivity contribution is 9.24. The summed E-state index contributed by atoms with van der Waals surface area (Å²) in [5.41, 5.74) is 1.28. The number of rotatable bonds is 2. The Balaban J connectivity index is 2.94. The molecule has 1 aromatic carbocycles. The molecule has 0 saturated carbocycles. The summed E-state index contributed by atoms with van der Waals surface area (Å²) >= 11 is 6.97. The third-order valence-corrected chi connectivity index (χ3v) is 5.15. The van der Waals surface area contributed by atoms with Gasteiger partial charge in [0.25, 0.3) is 0 Å². The molecular weight excluding hydrogens is 308 g/mol. The van der Waals surface area contributed by atoms with Gasteiger partial charge in [-0.1, -0.05) is 81.0 Å². The molecule has 72 valence electrons. The molecule has 0 radical (unpaired) electrons. The Morgan fingerprint density at radius 1 is 1.00 bits per heavy atom. The largest absolute Gasteiger partial charge is 0.0946 e. The summed E-state index contributed by atoms with van der Waals surface area (Å²) in [6, 6.07) is 8.86. The SMILES string of the molecule is C[Si](C)(C)c1ccc(C(Br)Br)cc1. The zero-order chi connectivity index (χ0) is 10.1. The van der Waals surface area contributed by atoms with Crippen molar-refractivity contribution < 1.29 is 0 Å². The maximum atomic E-state index is 3.49. The van der Waals surface area contributed by atoms with Gasteiger partial charge >= 0.3 is 0 Å². The van der Waals surface area contributed by atoms with Crippen LogP contribution in [0.15, 0.2) is 24.3 Å². The molecule has 0 saturated heterocycles. The lowest BCUT2D eigenvalue weighted by Gasteiger charge is -2.16. The van der Waals surface area contributed by atoms with Crippen LogP contribution in [0.5, 0.6) is 0 Å². The van der Waals surface area contributed by atoms with Gasteiger partial charge in [0, 0.05) is 0 Å². The summed E-state index contributed by atoms with van der Waals surface area (Å²) in [6.45, 7) is 7.09. The van der Waals surface area contributed by atoms with E-state index in [1.807, 2.05) is 0 Å². The van der Waals surface area contributed by atoms with Gasteiger partial charge in [-0.05, 0) is 5.56 Å². The van der Waals surface area contributed by atoms with Crippen molar-refractivity contribution in [3.63, 3.8) is 0 Å². The van der Waals surface area contributed by atoms with Crippen molar-refractivity contribution in [2.75, 3.05) is 0 Å². The van der Waals surface area contributed by atoms with Crippen LogP contribution in [-0.2, 0) is 0 Å². The minimum atomic E-state index is -1.12. The third-order valence-electron chi connectivity index (χ3n) is 2.03. The molecule has 0 spiro atoms. The van der Waals surface area contributed by atoms with E-state index in [1.54, 1.807) is 0 Å². The Hall–Kier alpha value is 0.397. The van der Waals surface area contributed by atoms with Gasteiger partial charge in [-0.3, -0.25) is 0 Å². The number of halogens is 2. The Labute approximate surface area is 98.0 Å². The maximum absolute atomic E-state index is 3.49. The lowest BCUT2D eigenvalue weighted by molar-refractivity contribution is 1.43. The molecule has 0 unspecified atom stereocenters. The molecule has 0 aliphatic rings. The minimum Gasteiger partial charge on any atom is -0.0712 e. The van der Waals surface area contributed by atoms with Crippen LogP contribution < -0.4 is 5.19 Å². The van der Waals surface area contributed by atoms with E-state index in [1.165, 1.54) is 10.8 Å². The number of alkyl halides is 2. The summed E-state index contributed by atoms with van der Waals surface area (Å²) < 4.78 is 0.274. The second-order valence-electron chi connectivity index (χ2n) is 4.17. The molecule has 0 atom stereocenters. The van der Waals surface area contributed by atoms with E-state index in [4.69, 9.17) is 0 Å². The van der Waals surface area contributed by atoms with Gasteiger partial charge in [0.15, 0.2) is 0 Å². The highest BCUT2D eigenvalue weighted by Crippen LogP contribution is 2.28. The van der Waals surface area contributed by atoms with Gasteiger partial charge in [0.2, 0.25) is 0 Å². The summed E-state index contributed by atoms with van der Waals surface area (Å²) in [7, 11) is -1.12. The molecule has 3 heteroatoms. The second kappa shape index (κ2) is 4.28. The van der Waals surface area contributed by atoms with E-state index in [0.29, 0.717) is 0 Å². The predicted octanol–water partition coefficient (Wildman–Crippen LogP) is 4.02. The molecule has 0 amide bonds. The maximum Gasteiger partial charge on any atom is 0.0946 e. The highest BCUT2D eigenvalue weighted by atomic mass is 79.9. The standard InChI is InChI=1S/C10H14Br2Si/c1-13(2,3)9-6-4-8(5-7-9)10(11)12/h4-7,10H,1-3H3. The smallest absolute Gasteiger partial charge is 0.0712 e. The van der Waals surface area contributed by atoms with Crippen molar-refractivity contribution in [1.82, 2.24) is 0 Å². The molecule has 0 N–H and O–H groups in total. The van der Waals surface area contributed by atoms with Crippen molar-refractivity contribution in [2.24, 2.45) is 0 Å². The van der Waals surface area contributed by atoms with Crippen LogP contribution in [0.3, 0.4) is 0 Å². The molecule has 0 aliphatic carbocycles. The highest BCUT2D eigenvalue weighted by Gasteiger charge is 2.15. The summed E-state index contributed by atoms with van der Waals surface area (Å²) in [4.78, 5) is 0. The summed E-state index contributed by atoms with van der Waals surface area (Å²) in [5, 5.41) is 1.51. The normalized spacial score (nSPS) is 12.2. The van der Waals surface area contributed by atoms with Gasteiger partial charge < -0.3 is 0 Å². The van der Waals surface area contributed by atoms with E-state index in [9.17, 15) is 0 Å². The Kier molecular flexibility index (Phi) is 3.78. The first kappa shape index (κ1) is 11.5. The number of hydrogen-bond donors (Lipinski definition) is 0. The quantitative estimate of drug-likeness (QED) is 0.570. The van der Waals surface area contributed by atoms with Crippen LogP contribution in [0.4, 0.5) is 0 Å². The van der Waals surface area contributed by atoms with Crippen LogP contribution in [0.25, 0.3) is 0 Å². The fraction of sp³-hybridized carbons (Fsp3) is 0.400. The lowest BCUT2D eigenvalue weighted by Crippen LogP contribution is -2.37. The fourth-order valence-electron chi connectivity index (χ4n) is 1.13.